The maximum absolute atomic E-state index is 11.6. The second kappa shape index (κ2) is 5.56. The SMILES string of the molecule is CCOC(=O)C(=CCl)c1ccccc1C. The first kappa shape index (κ1) is 11.8. The second-order valence-corrected chi connectivity index (χ2v) is 3.28. The summed E-state index contributed by atoms with van der Waals surface area (Å²) in [4.78, 5) is 11.6. The van der Waals surface area contributed by atoms with Crippen molar-refractivity contribution in [3.8, 4) is 0 Å². The first-order valence-corrected chi connectivity index (χ1v) is 5.17. The van der Waals surface area contributed by atoms with E-state index in [9.17, 15) is 4.79 Å². The number of benzene rings is 1. The Labute approximate surface area is 94.5 Å². The maximum Gasteiger partial charge on any atom is 0.339 e. The van der Waals surface area contributed by atoms with Gasteiger partial charge in [-0.05, 0) is 25.0 Å². The summed E-state index contributed by atoms with van der Waals surface area (Å²) in [7, 11) is 0. The molecule has 0 amide bonds. The van der Waals surface area contributed by atoms with Gasteiger partial charge in [0.25, 0.3) is 0 Å². The molecular formula is C12H13ClO2. The second-order valence-electron chi connectivity index (χ2n) is 3.06. The smallest absolute Gasteiger partial charge is 0.339 e. The van der Waals surface area contributed by atoms with Crippen molar-refractivity contribution in [1.29, 1.82) is 0 Å². The number of esters is 1. The molecule has 2 nitrogen and oxygen atoms in total. The summed E-state index contributed by atoms with van der Waals surface area (Å²) in [5, 5.41) is 0. The molecule has 0 aliphatic rings. The molecule has 0 saturated heterocycles. The molecule has 0 saturated carbocycles. The van der Waals surface area contributed by atoms with Gasteiger partial charge in [-0.15, -0.1) is 0 Å². The van der Waals surface area contributed by atoms with Crippen LogP contribution in [0.2, 0.25) is 0 Å². The van der Waals surface area contributed by atoms with Crippen LogP contribution < -0.4 is 0 Å². The van der Waals surface area contributed by atoms with E-state index in [0.717, 1.165) is 11.1 Å². The number of aryl methyl sites for hydroxylation is 1. The molecular weight excluding hydrogens is 212 g/mol. The van der Waals surface area contributed by atoms with Gasteiger partial charge in [0.15, 0.2) is 0 Å². The van der Waals surface area contributed by atoms with Gasteiger partial charge in [0.2, 0.25) is 0 Å². The molecule has 0 aromatic heterocycles. The molecule has 0 radical (unpaired) electrons. The summed E-state index contributed by atoms with van der Waals surface area (Å²) in [5.74, 6) is -0.387. The van der Waals surface area contributed by atoms with Crippen molar-refractivity contribution in [2.24, 2.45) is 0 Å². The number of carbonyl (C=O) groups is 1. The zero-order valence-electron chi connectivity index (χ0n) is 8.79. The minimum Gasteiger partial charge on any atom is -0.462 e. The van der Waals surface area contributed by atoms with E-state index in [1.165, 1.54) is 5.54 Å². The Morgan fingerprint density at radius 3 is 2.67 bits per heavy atom. The fourth-order valence-corrected chi connectivity index (χ4v) is 1.50. The van der Waals surface area contributed by atoms with Crippen LogP contribution in [-0.4, -0.2) is 12.6 Å². The summed E-state index contributed by atoms with van der Waals surface area (Å²) < 4.78 is 4.91. The highest BCUT2D eigenvalue weighted by molar-refractivity contribution is 6.34. The Morgan fingerprint density at radius 2 is 2.13 bits per heavy atom. The molecule has 0 bridgehead atoms. The van der Waals surface area contributed by atoms with E-state index in [0.29, 0.717) is 12.2 Å². The quantitative estimate of drug-likeness (QED) is 0.583. The lowest BCUT2D eigenvalue weighted by Gasteiger charge is -2.08. The zero-order chi connectivity index (χ0) is 11.3. The molecule has 3 heteroatoms. The van der Waals surface area contributed by atoms with Gasteiger partial charge < -0.3 is 4.74 Å². The average molecular weight is 225 g/mol. The molecule has 0 N–H and O–H groups in total. The number of hydrogen-bond acceptors (Lipinski definition) is 2. The summed E-state index contributed by atoms with van der Waals surface area (Å²) in [5.41, 5.74) is 3.47. The third-order valence-corrected chi connectivity index (χ3v) is 2.26. The molecule has 0 fully saturated rings. The molecule has 1 aromatic rings. The Morgan fingerprint density at radius 1 is 1.47 bits per heavy atom. The van der Waals surface area contributed by atoms with E-state index in [1.54, 1.807) is 6.92 Å². The van der Waals surface area contributed by atoms with E-state index in [-0.39, 0.29) is 5.97 Å². The van der Waals surface area contributed by atoms with Gasteiger partial charge in [0.05, 0.1) is 12.2 Å². The maximum atomic E-state index is 11.6. The third kappa shape index (κ3) is 2.83. The van der Waals surface area contributed by atoms with Crippen LogP contribution in [0.1, 0.15) is 18.1 Å². The molecule has 0 unspecified atom stereocenters. The largest absolute Gasteiger partial charge is 0.462 e. The van der Waals surface area contributed by atoms with Crippen LogP contribution >= 0.6 is 11.6 Å². The molecule has 0 aliphatic carbocycles. The Hall–Kier alpha value is -1.28. The normalized spacial score (nSPS) is 11.3. The predicted octanol–water partition coefficient (Wildman–Crippen LogP) is 3.14. The van der Waals surface area contributed by atoms with Gasteiger partial charge in [-0.2, -0.15) is 0 Å². The number of rotatable bonds is 3. The summed E-state index contributed by atoms with van der Waals surface area (Å²) >= 11 is 5.64. The van der Waals surface area contributed by atoms with Gasteiger partial charge in [-0.3, -0.25) is 0 Å². The number of carbonyl (C=O) groups excluding carboxylic acids is 1. The molecule has 0 heterocycles. The van der Waals surface area contributed by atoms with Crippen molar-refractivity contribution in [3.63, 3.8) is 0 Å². The zero-order valence-corrected chi connectivity index (χ0v) is 9.54. The summed E-state index contributed by atoms with van der Waals surface area (Å²) in [6.07, 6.45) is 0. The number of ether oxygens (including phenoxy) is 1. The minimum atomic E-state index is -0.387. The predicted molar refractivity (Wildman–Crippen MR) is 61.6 cm³/mol. The molecule has 0 atom stereocenters. The lowest BCUT2D eigenvalue weighted by atomic mass is 10.0. The van der Waals surface area contributed by atoms with Gasteiger partial charge in [0, 0.05) is 5.54 Å². The van der Waals surface area contributed by atoms with Gasteiger partial charge in [-0.1, -0.05) is 35.9 Å². The molecule has 15 heavy (non-hydrogen) atoms. The molecule has 1 rings (SSSR count). The van der Waals surface area contributed by atoms with E-state index < -0.39 is 0 Å². The van der Waals surface area contributed by atoms with Crippen LogP contribution in [0.15, 0.2) is 29.8 Å². The summed E-state index contributed by atoms with van der Waals surface area (Å²) in [6, 6.07) is 7.55. The highest BCUT2D eigenvalue weighted by Gasteiger charge is 2.13. The molecule has 0 spiro atoms. The Balaban J connectivity index is 3.04. The molecule has 80 valence electrons. The summed E-state index contributed by atoms with van der Waals surface area (Å²) in [6.45, 7) is 4.04. The standard InChI is InChI=1S/C12H13ClO2/c1-3-15-12(14)11(8-13)10-7-5-4-6-9(10)2/h4-8H,3H2,1-2H3. The Kier molecular flexibility index (Phi) is 4.37. The van der Waals surface area contributed by atoms with Crippen molar-refractivity contribution in [1.82, 2.24) is 0 Å². The van der Waals surface area contributed by atoms with Crippen molar-refractivity contribution < 1.29 is 9.53 Å². The van der Waals surface area contributed by atoms with Crippen molar-refractivity contribution >= 4 is 23.1 Å². The van der Waals surface area contributed by atoms with Gasteiger partial charge >= 0.3 is 5.97 Å². The molecule has 0 aliphatic heterocycles. The highest BCUT2D eigenvalue weighted by atomic mass is 35.5. The fraction of sp³-hybridized carbons (Fsp3) is 0.250. The van der Waals surface area contributed by atoms with Crippen molar-refractivity contribution in [2.75, 3.05) is 6.61 Å². The van der Waals surface area contributed by atoms with E-state index in [1.807, 2.05) is 31.2 Å². The van der Waals surface area contributed by atoms with E-state index >= 15 is 0 Å². The van der Waals surface area contributed by atoms with Gasteiger partial charge in [-0.25, -0.2) is 4.79 Å². The van der Waals surface area contributed by atoms with Crippen molar-refractivity contribution in [2.45, 2.75) is 13.8 Å². The van der Waals surface area contributed by atoms with Crippen LogP contribution in [0.5, 0.6) is 0 Å². The fourth-order valence-electron chi connectivity index (χ4n) is 1.30. The number of halogens is 1. The van der Waals surface area contributed by atoms with Crippen LogP contribution in [-0.2, 0) is 9.53 Å². The molecule has 1 aromatic carbocycles. The van der Waals surface area contributed by atoms with Crippen LogP contribution in [0.4, 0.5) is 0 Å². The minimum absolute atomic E-state index is 0.346. The topological polar surface area (TPSA) is 26.3 Å². The lowest BCUT2D eigenvalue weighted by Crippen LogP contribution is -2.07. The lowest BCUT2D eigenvalue weighted by molar-refractivity contribution is -0.136. The van der Waals surface area contributed by atoms with Crippen LogP contribution in [0.3, 0.4) is 0 Å². The first-order chi connectivity index (χ1) is 7.20. The van der Waals surface area contributed by atoms with E-state index in [2.05, 4.69) is 0 Å². The van der Waals surface area contributed by atoms with Crippen LogP contribution in [0, 0.1) is 6.92 Å². The van der Waals surface area contributed by atoms with E-state index in [4.69, 9.17) is 16.3 Å². The number of hydrogen-bond donors (Lipinski definition) is 0. The Bertz CT molecular complexity index is 383. The van der Waals surface area contributed by atoms with Gasteiger partial charge in [0.1, 0.15) is 0 Å². The highest BCUT2D eigenvalue weighted by Crippen LogP contribution is 2.20. The van der Waals surface area contributed by atoms with Crippen molar-refractivity contribution in [3.05, 3.63) is 40.9 Å². The third-order valence-electron chi connectivity index (χ3n) is 2.04. The van der Waals surface area contributed by atoms with Crippen LogP contribution in [0.25, 0.3) is 5.57 Å². The first-order valence-electron chi connectivity index (χ1n) is 4.74. The average Bonchev–Trinajstić information content (AvgIpc) is 2.22. The monoisotopic (exact) mass is 224 g/mol.